The van der Waals surface area contributed by atoms with Crippen molar-refractivity contribution >= 4 is 99.7 Å². The van der Waals surface area contributed by atoms with E-state index in [-0.39, 0.29) is 85.7 Å². The number of nitrogens with zero attached hydrogens (tertiary/aromatic N) is 8. The number of carboxylic acid groups (broad SMARTS) is 1. The number of nitrogen functional groups attached to an aromatic ring is 1. The number of carbonyl (C=O) groups excluding carboxylic acids is 12. The first kappa shape index (κ1) is 89.4. The van der Waals surface area contributed by atoms with Crippen molar-refractivity contribution in [2.45, 2.75) is 164 Å². The molecule has 0 saturated heterocycles. The summed E-state index contributed by atoms with van der Waals surface area (Å²) in [5.41, 5.74) is 15.9. The molecule has 0 spiro atoms. The number of aromatic amines is 3. The number of azide groups is 1. The molecule has 0 unspecified atom stereocenters. The number of carbonyl (C=O) groups is 13. The number of nitrogens with one attached hydrogen (secondary N) is 16. The lowest BCUT2D eigenvalue weighted by atomic mass is 10.0. The fourth-order valence-corrected chi connectivity index (χ4v) is 11.1. The van der Waals surface area contributed by atoms with Gasteiger partial charge >= 0.3 is 11.9 Å². The zero-order chi connectivity index (χ0) is 83.2. The second-order valence-corrected chi connectivity index (χ2v) is 26.0. The summed E-state index contributed by atoms with van der Waals surface area (Å²) >= 11 is 0. The third-order valence-electron chi connectivity index (χ3n) is 17.2. The maximum atomic E-state index is 14.3. The van der Waals surface area contributed by atoms with Crippen molar-refractivity contribution in [2.24, 2.45) is 5.11 Å². The minimum Gasteiger partial charge on any atom is -0.480 e. The molecular weight excluding hydrogens is 1490 g/mol. The van der Waals surface area contributed by atoms with Crippen molar-refractivity contribution in [3.63, 3.8) is 0 Å². The summed E-state index contributed by atoms with van der Waals surface area (Å²) in [5.74, 6) is -10.9. The predicted octanol–water partition coefficient (Wildman–Crippen LogP) is -4.02. The number of aliphatic hydroxyl groups is 2. The van der Waals surface area contributed by atoms with Crippen LogP contribution in [-0.2, 0) is 88.1 Å². The second-order valence-electron chi connectivity index (χ2n) is 26.0. The van der Waals surface area contributed by atoms with E-state index in [0.717, 1.165) is 6.92 Å². The van der Waals surface area contributed by atoms with Crippen LogP contribution in [0.3, 0.4) is 0 Å². The van der Waals surface area contributed by atoms with Crippen LogP contribution < -0.4 is 80.4 Å². The van der Waals surface area contributed by atoms with Gasteiger partial charge < -0.3 is 105 Å². The molecule has 11 atom stereocenters. The lowest BCUT2D eigenvalue weighted by Gasteiger charge is -2.27. The van der Waals surface area contributed by atoms with Crippen molar-refractivity contribution < 1.29 is 82.4 Å². The number of carboxylic acids is 1. The fourth-order valence-electron chi connectivity index (χ4n) is 11.1. The summed E-state index contributed by atoms with van der Waals surface area (Å²) in [5, 5.41) is 68.0. The van der Waals surface area contributed by atoms with Crippen LogP contribution in [0.25, 0.3) is 21.6 Å². The minimum absolute atomic E-state index is 0.0215. The standard InChI is InChI=1S/C71H93N25O18/c1-6-14-46(85-54(99)24-23-48(69(111)112)88-60(102)41-19-21-42(22-20-41)77-32-45-33-78-58-57(84-45)68(110)95-71(72)94-58)62(104)90-51(28-43-30-75-36-80-43)64(106)92-53(35-97)66(108)91-52(29-44-31-76-37-81-44)65(107)93-56(39(3)98)67(109)83-38(2)59(101)87-47(17-11-13-26-82-96-73)61(103)79-34-55(100)86-50(27-40-15-8-7-9-16-40)63(105)89-49(70(113)114-5)18-10-12-25-74-4/h1,7-9,15-16,19-22,30-31,33,36-39,46-53,56,74,77,97-98H,10-14,17-18,23-29,32,34-35H2,2-5H3,(H,75,80)(H,76,81)(H,79,103)(H,83,109)(H,85,99)(H,86,100)(H,87,101)(H,88,102)(H,89,105)(H,90,104)(H,91,108)(H,92,106)(H,93,107)(H,111,112)(H3,72,78,94,95,110)/t38-,39+,46+,47+,48+,49+,50+,51-,52-,53-,56-/m1/s1. The summed E-state index contributed by atoms with van der Waals surface area (Å²) in [7, 11) is 2.95. The molecule has 0 aliphatic rings. The zero-order valence-electron chi connectivity index (χ0n) is 62.7. The maximum Gasteiger partial charge on any atom is 0.328 e. The quantitative estimate of drug-likeness (QED) is 0.00432. The van der Waals surface area contributed by atoms with E-state index < -0.39 is 188 Å². The van der Waals surface area contributed by atoms with Gasteiger partial charge in [0.1, 0.15) is 60.4 Å². The molecule has 610 valence electrons. The normalized spacial score (nSPS) is 13.8. The highest BCUT2D eigenvalue weighted by Crippen LogP contribution is 2.15. The number of fused-ring (bicyclic) bond motifs is 1. The number of amides is 11. The van der Waals surface area contributed by atoms with E-state index in [0.29, 0.717) is 36.3 Å². The Morgan fingerprint density at radius 3 is 1.83 bits per heavy atom. The Morgan fingerprint density at radius 1 is 0.649 bits per heavy atom. The molecule has 11 amide bonds. The van der Waals surface area contributed by atoms with Crippen LogP contribution in [-0.4, -0.2) is 239 Å². The Hall–Kier alpha value is -13.5. The molecule has 4 aromatic heterocycles. The van der Waals surface area contributed by atoms with Gasteiger partial charge in [-0.3, -0.25) is 62.5 Å². The number of benzene rings is 2. The molecule has 0 saturated carbocycles. The highest BCUT2D eigenvalue weighted by molar-refractivity contribution is 6.00. The van der Waals surface area contributed by atoms with Gasteiger partial charge in [-0.1, -0.05) is 41.9 Å². The summed E-state index contributed by atoms with van der Waals surface area (Å²) in [6, 6.07) is -1.06. The molecule has 4 heterocycles. The summed E-state index contributed by atoms with van der Waals surface area (Å²) in [6.45, 7) is 1.25. The lowest BCUT2D eigenvalue weighted by Crippen LogP contribution is -2.62. The number of nitrogens with two attached hydrogens (primary N) is 1. The van der Waals surface area contributed by atoms with E-state index >= 15 is 0 Å². The van der Waals surface area contributed by atoms with Gasteiger partial charge in [0.05, 0.1) is 57.5 Å². The number of aliphatic hydroxyl groups excluding tert-OH is 2. The van der Waals surface area contributed by atoms with Crippen molar-refractivity contribution in [3.05, 3.63) is 135 Å². The number of hydrogen-bond donors (Lipinski definition) is 20. The van der Waals surface area contributed by atoms with Crippen molar-refractivity contribution in [2.75, 3.05) is 51.4 Å². The number of unbranched alkanes of at least 4 members (excludes halogenated alkanes) is 2. The third kappa shape index (κ3) is 29.4. The van der Waals surface area contributed by atoms with Gasteiger partial charge in [0, 0.05) is 78.6 Å². The first-order chi connectivity index (χ1) is 54.6. The van der Waals surface area contributed by atoms with Gasteiger partial charge in [-0.05, 0) is 101 Å². The molecule has 21 N–H and O–H groups in total. The van der Waals surface area contributed by atoms with Crippen molar-refractivity contribution in [1.82, 2.24) is 104 Å². The number of anilines is 2. The highest BCUT2D eigenvalue weighted by atomic mass is 16.5. The number of hydrogen-bond acceptors (Lipinski definition) is 26. The summed E-state index contributed by atoms with van der Waals surface area (Å²) in [4.78, 5) is 221. The number of aliphatic carboxylic acids is 1. The van der Waals surface area contributed by atoms with Crippen LogP contribution >= 0.6 is 0 Å². The molecule has 114 heavy (non-hydrogen) atoms. The van der Waals surface area contributed by atoms with Crippen molar-refractivity contribution in [1.29, 1.82) is 0 Å². The molecule has 43 nitrogen and oxygen atoms in total. The number of aromatic nitrogens is 8. The SMILES string of the molecule is C#CC[C@H](NC(=O)CC[C@H](NC(=O)c1ccc(NCc2cnc3nc(N)[nH]c(=O)c3n2)cc1)C(=O)O)C(=O)N[C@H](Cc1cnc[nH]1)C(=O)N[C@H](CO)C(=O)N[C@H](Cc1cnc[nH]1)C(=O)N[C@@H](C(=O)N[C@H](C)C(=O)N[C@@H](CCCCN=[N+]=[N-])C(=O)NCC(=O)N[C@@H](Cc1ccccc1)C(=O)N[C@@H](CCCCNC)C(=O)OC)[C@H](C)O. The average Bonchev–Trinajstić information content (AvgIpc) is 0.838. The average molecular weight is 1580 g/mol. The number of terminal acetylenes is 1. The third-order valence-corrected chi connectivity index (χ3v) is 17.2. The topological polar surface area (TPSA) is 652 Å². The molecule has 0 aliphatic carbocycles. The van der Waals surface area contributed by atoms with Crippen LogP contribution in [0.5, 0.6) is 0 Å². The number of H-pyrrole nitrogens is 3. The molecular formula is C71H93N25O18. The molecule has 6 aromatic rings. The highest BCUT2D eigenvalue weighted by Gasteiger charge is 2.37. The molecule has 6 rings (SSSR count). The summed E-state index contributed by atoms with van der Waals surface area (Å²) < 4.78 is 4.93. The Labute approximate surface area is 651 Å². The van der Waals surface area contributed by atoms with Crippen LogP contribution in [0.15, 0.2) is 95.8 Å². The first-order valence-electron chi connectivity index (χ1n) is 36.0. The molecule has 0 radical (unpaired) electrons. The number of methoxy groups -OCH3 is 1. The largest absolute Gasteiger partial charge is 0.480 e. The summed E-state index contributed by atoms with van der Waals surface area (Å²) in [6.07, 6.45) is 9.83. The number of rotatable bonds is 48. The Kier molecular flexibility index (Phi) is 36.3. The molecule has 0 fully saturated rings. The van der Waals surface area contributed by atoms with Crippen LogP contribution in [0.4, 0.5) is 11.6 Å². The van der Waals surface area contributed by atoms with Crippen LogP contribution in [0.1, 0.15) is 105 Å². The van der Waals surface area contributed by atoms with Crippen LogP contribution in [0, 0.1) is 12.3 Å². The fraction of sp³-hybridized carbons (Fsp3) is 0.451. The number of ether oxygens (including phenoxy) is 1. The van der Waals surface area contributed by atoms with Gasteiger partial charge in [0.15, 0.2) is 11.2 Å². The predicted molar refractivity (Wildman–Crippen MR) is 405 cm³/mol. The number of esters is 1. The Bertz CT molecular complexity index is 4420. The van der Waals surface area contributed by atoms with Gasteiger partial charge in [0.2, 0.25) is 65.0 Å². The molecule has 2 aromatic carbocycles. The minimum atomic E-state index is -1.90. The monoisotopic (exact) mass is 1580 g/mol. The lowest BCUT2D eigenvalue weighted by molar-refractivity contribution is -0.145. The van der Waals surface area contributed by atoms with E-state index in [1.807, 2.05) is 0 Å². The van der Waals surface area contributed by atoms with E-state index in [1.165, 1.54) is 69.5 Å². The van der Waals surface area contributed by atoms with E-state index in [4.69, 9.17) is 22.4 Å². The van der Waals surface area contributed by atoms with Crippen LogP contribution in [0.2, 0.25) is 0 Å². The van der Waals surface area contributed by atoms with Crippen molar-refractivity contribution in [3.8, 4) is 12.3 Å². The Balaban J connectivity index is 1.06. The maximum absolute atomic E-state index is 14.3. The van der Waals surface area contributed by atoms with Gasteiger partial charge in [0.25, 0.3) is 11.5 Å². The number of imidazole rings is 2. The molecule has 43 heteroatoms. The smallest absolute Gasteiger partial charge is 0.328 e. The molecule has 0 aliphatic heterocycles. The van der Waals surface area contributed by atoms with Gasteiger partial charge in [-0.25, -0.2) is 29.5 Å². The second kappa shape index (κ2) is 46.3. The van der Waals surface area contributed by atoms with E-state index in [2.05, 4.69) is 125 Å². The van der Waals surface area contributed by atoms with E-state index in [1.54, 1.807) is 37.4 Å². The van der Waals surface area contributed by atoms with E-state index in [9.17, 15) is 82.4 Å². The zero-order valence-corrected chi connectivity index (χ0v) is 62.7. The molecule has 0 bridgehead atoms. The Morgan fingerprint density at radius 2 is 1.24 bits per heavy atom. The van der Waals surface area contributed by atoms with Gasteiger partial charge in [-0.2, -0.15) is 4.98 Å². The first-order valence-corrected chi connectivity index (χ1v) is 36.0. The van der Waals surface area contributed by atoms with Gasteiger partial charge in [-0.15, -0.1) is 12.3 Å².